The molecule has 4 nitrogen and oxygen atoms in total. The Kier molecular flexibility index (Phi) is 12.7. The molecule has 1 fully saturated rings. The summed E-state index contributed by atoms with van der Waals surface area (Å²) in [6.07, 6.45) is 15.0. The van der Waals surface area contributed by atoms with Crippen molar-refractivity contribution < 1.29 is 20.1 Å². The lowest BCUT2D eigenvalue weighted by molar-refractivity contribution is -0.115. The van der Waals surface area contributed by atoms with Gasteiger partial charge in [-0.05, 0) is 109 Å². The zero-order chi connectivity index (χ0) is 25.9. The van der Waals surface area contributed by atoms with E-state index in [0.29, 0.717) is 25.2 Å². The zero-order valence-electron chi connectivity index (χ0n) is 22.7. The van der Waals surface area contributed by atoms with Crippen LogP contribution in [0.2, 0.25) is 0 Å². The van der Waals surface area contributed by atoms with E-state index in [0.717, 1.165) is 55.1 Å². The summed E-state index contributed by atoms with van der Waals surface area (Å²) in [5.41, 5.74) is 2.86. The molecule has 3 N–H and O–H groups in total. The maximum absolute atomic E-state index is 11.6. The van der Waals surface area contributed by atoms with Crippen molar-refractivity contribution in [2.45, 2.75) is 112 Å². The van der Waals surface area contributed by atoms with Gasteiger partial charge in [0, 0.05) is 12.0 Å². The second kappa shape index (κ2) is 14.2. The van der Waals surface area contributed by atoms with Crippen LogP contribution < -0.4 is 0 Å². The van der Waals surface area contributed by atoms with E-state index in [1.165, 1.54) is 5.57 Å². The fourth-order valence-electron chi connectivity index (χ4n) is 5.28. The molecule has 5 atom stereocenters. The van der Waals surface area contributed by atoms with Crippen LogP contribution in [0.4, 0.5) is 0 Å². The summed E-state index contributed by atoms with van der Waals surface area (Å²) >= 11 is 0. The number of carbonyl (C=O) groups is 1. The molecule has 0 aromatic heterocycles. The van der Waals surface area contributed by atoms with Gasteiger partial charge in [-0.15, -0.1) is 0 Å². The Bertz CT molecular complexity index is 767. The molecule has 1 rings (SSSR count). The molecule has 0 spiro atoms. The van der Waals surface area contributed by atoms with Crippen molar-refractivity contribution >= 4 is 6.29 Å². The highest BCUT2D eigenvalue weighted by molar-refractivity contribution is 5.74. The first-order valence-corrected chi connectivity index (χ1v) is 13.0. The van der Waals surface area contributed by atoms with Gasteiger partial charge in [0.05, 0.1) is 11.7 Å². The Balaban J connectivity index is 2.93. The SMILES string of the molecule is CC(C)=CCCC(C)/C=C/C(O)/C(C)=C/CC[C@@]1(C)[C@H](CCCO)/C(=C(\C)C=O)CC[C@]1(C)O. The number of allylic oxidation sites excluding steroid dienone is 6. The van der Waals surface area contributed by atoms with E-state index in [-0.39, 0.29) is 12.5 Å². The van der Waals surface area contributed by atoms with Crippen LogP contribution in [0.15, 0.2) is 46.6 Å². The van der Waals surface area contributed by atoms with E-state index >= 15 is 0 Å². The van der Waals surface area contributed by atoms with Gasteiger partial charge in [0.15, 0.2) is 0 Å². The van der Waals surface area contributed by atoms with Crippen molar-refractivity contribution in [3.05, 3.63) is 46.6 Å². The Morgan fingerprint density at radius 1 is 1.12 bits per heavy atom. The lowest BCUT2D eigenvalue weighted by Gasteiger charge is -2.53. The van der Waals surface area contributed by atoms with Gasteiger partial charge in [0.1, 0.15) is 6.29 Å². The average Bonchev–Trinajstić information content (AvgIpc) is 2.77. The monoisotopic (exact) mass is 474 g/mol. The third kappa shape index (κ3) is 8.62. The van der Waals surface area contributed by atoms with Crippen molar-refractivity contribution in [1.29, 1.82) is 0 Å². The van der Waals surface area contributed by atoms with E-state index in [2.05, 4.69) is 45.9 Å². The van der Waals surface area contributed by atoms with Crippen molar-refractivity contribution in [3.8, 4) is 0 Å². The summed E-state index contributed by atoms with van der Waals surface area (Å²) in [5.74, 6) is 0.460. The zero-order valence-corrected chi connectivity index (χ0v) is 22.7. The molecule has 1 aliphatic rings. The largest absolute Gasteiger partial charge is 0.396 e. The van der Waals surface area contributed by atoms with Gasteiger partial charge < -0.3 is 15.3 Å². The van der Waals surface area contributed by atoms with Gasteiger partial charge in [-0.25, -0.2) is 0 Å². The molecule has 0 aliphatic heterocycles. The molecule has 0 aromatic carbocycles. The van der Waals surface area contributed by atoms with E-state index in [4.69, 9.17) is 0 Å². The van der Waals surface area contributed by atoms with Crippen molar-refractivity contribution in [2.75, 3.05) is 6.61 Å². The van der Waals surface area contributed by atoms with E-state index in [1.54, 1.807) is 0 Å². The summed E-state index contributed by atoms with van der Waals surface area (Å²) in [6, 6.07) is 0. The average molecular weight is 475 g/mol. The normalized spacial score (nSPS) is 29.1. The quantitative estimate of drug-likeness (QED) is 0.162. The second-order valence-corrected chi connectivity index (χ2v) is 11.1. The molecule has 2 unspecified atom stereocenters. The molecule has 0 aromatic rings. The van der Waals surface area contributed by atoms with E-state index < -0.39 is 17.1 Å². The molecular weight excluding hydrogens is 424 g/mol. The molecule has 0 radical (unpaired) electrons. The molecule has 0 amide bonds. The van der Waals surface area contributed by atoms with Crippen molar-refractivity contribution in [1.82, 2.24) is 0 Å². The predicted molar refractivity (Wildman–Crippen MR) is 143 cm³/mol. The van der Waals surface area contributed by atoms with Gasteiger partial charge in [-0.1, -0.05) is 49.3 Å². The van der Waals surface area contributed by atoms with Gasteiger partial charge in [0.2, 0.25) is 0 Å². The van der Waals surface area contributed by atoms with Crippen molar-refractivity contribution in [2.24, 2.45) is 17.3 Å². The highest BCUT2D eigenvalue weighted by atomic mass is 16.3. The van der Waals surface area contributed by atoms with E-state index in [1.807, 2.05) is 26.8 Å². The molecule has 194 valence electrons. The number of aldehydes is 1. The molecule has 0 heterocycles. The first-order chi connectivity index (χ1) is 15.9. The third-order valence-corrected chi connectivity index (χ3v) is 8.03. The number of hydrogen-bond acceptors (Lipinski definition) is 4. The van der Waals surface area contributed by atoms with Crippen LogP contribution in [-0.2, 0) is 4.79 Å². The van der Waals surface area contributed by atoms with Crippen LogP contribution >= 0.6 is 0 Å². The second-order valence-electron chi connectivity index (χ2n) is 11.1. The first-order valence-electron chi connectivity index (χ1n) is 13.0. The Morgan fingerprint density at radius 3 is 2.38 bits per heavy atom. The topological polar surface area (TPSA) is 77.8 Å². The van der Waals surface area contributed by atoms with Gasteiger partial charge in [-0.3, -0.25) is 4.79 Å². The Labute approximate surface area is 208 Å². The van der Waals surface area contributed by atoms with Crippen LogP contribution in [-0.4, -0.2) is 39.9 Å². The third-order valence-electron chi connectivity index (χ3n) is 8.03. The standard InChI is InChI=1S/C30H50O4/c1-22(2)11-8-12-23(3)15-16-28(33)24(4)13-9-18-29(6)27(14-10-20-31)26(25(5)21-32)17-19-30(29,7)34/h11,13,15-16,21,23,27-28,31,33-34H,8-10,12,14,17-20H2,1-7H3/b16-15+,24-13+,26-25+/t23?,27-,28?,29+,30+/m1/s1. The number of hydrogen-bond donors (Lipinski definition) is 3. The molecule has 1 saturated carbocycles. The van der Waals surface area contributed by atoms with Gasteiger partial charge in [0.25, 0.3) is 0 Å². The maximum Gasteiger partial charge on any atom is 0.145 e. The summed E-state index contributed by atoms with van der Waals surface area (Å²) in [5, 5.41) is 31.5. The molecular formula is C30H50O4. The van der Waals surface area contributed by atoms with Gasteiger partial charge >= 0.3 is 0 Å². The molecule has 0 bridgehead atoms. The van der Waals surface area contributed by atoms with Crippen LogP contribution in [0.25, 0.3) is 0 Å². The maximum atomic E-state index is 11.6. The molecule has 34 heavy (non-hydrogen) atoms. The molecule has 4 heteroatoms. The minimum atomic E-state index is -0.860. The Hall–Kier alpha value is -1.49. The number of rotatable bonds is 13. The number of aliphatic hydroxyl groups is 3. The van der Waals surface area contributed by atoms with E-state index in [9.17, 15) is 20.1 Å². The first kappa shape index (κ1) is 30.5. The minimum absolute atomic E-state index is 0.0498. The van der Waals surface area contributed by atoms with Crippen LogP contribution in [0.3, 0.4) is 0 Å². The highest BCUT2D eigenvalue weighted by Gasteiger charge is 2.52. The lowest BCUT2D eigenvalue weighted by atomic mass is 9.54. The molecule has 1 aliphatic carbocycles. The Morgan fingerprint density at radius 2 is 1.79 bits per heavy atom. The number of carbonyl (C=O) groups excluding carboxylic acids is 1. The van der Waals surface area contributed by atoms with Crippen LogP contribution in [0.1, 0.15) is 99.8 Å². The van der Waals surface area contributed by atoms with Crippen molar-refractivity contribution in [3.63, 3.8) is 0 Å². The summed E-state index contributed by atoms with van der Waals surface area (Å²) in [7, 11) is 0. The number of aliphatic hydroxyl groups excluding tert-OH is 2. The van der Waals surface area contributed by atoms with Gasteiger partial charge in [-0.2, -0.15) is 0 Å². The van der Waals surface area contributed by atoms with Crippen LogP contribution in [0.5, 0.6) is 0 Å². The molecule has 0 saturated heterocycles. The fourth-order valence-corrected chi connectivity index (χ4v) is 5.28. The fraction of sp³-hybridized carbons (Fsp3) is 0.700. The summed E-state index contributed by atoms with van der Waals surface area (Å²) in [6.45, 7) is 14.4. The van der Waals surface area contributed by atoms with Crippen LogP contribution in [0, 0.1) is 17.3 Å². The predicted octanol–water partition coefficient (Wildman–Crippen LogP) is 6.47. The highest BCUT2D eigenvalue weighted by Crippen LogP contribution is 2.55. The smallest absolute Gasteiger partial charge is 0.145 e. The summed E-state index contributed by atoms with van der Waals surface area (Å²) in [4.78, 5) is 11.6. The minimum Gasteiger partial charge on any atom is -0.396 e. The summed E-state index contributed by atoms with van der Waals surface area (Å²) < 4.78 is 0. The lowest BCUT2D eigenvalue weighted by Crippen LogP contribution is -2.52.